The lowest BCUT2D eigenvalue weighted by atomic mass is 9.93. The third-order valence-corrected chi connectivity index (χ3v) is 4.16. The predicted octanol–water partition coefficient (Wildman–Crippen LogP) is 4.11. The molecule has 1 N–H and O–H groups in total. The molecule has 2 aromatic carbocycles. The molecule has 0 bridgehead atoms. The predicted molar refractivity (Wildman–Crippen MR) is 82.6 cm³/mol. The molecule has 1 unspecified atom stereocenters. The Kier molecular flexibility index (Phi) is 4.13. The number of ether oxygens (including phenoxy) is 1. The molecule has 110 valence electrons. The molecule has 0 spiro atoms. The van der Waals surface area contributed by atoms with Crippen LogP contribution in [-0.4, -0.2) is 13.7 Å². The van der Waals surface area contributed by atoms with E-state index in [1.807, 2.05) is 19.2 Å². The smallest absolute Gasteiger partial charge is 0.127 e. The molecule has 1 atom stereocenters. The summed E-state index contributed by atoms with van der Waals surface area (Å²) in [6.07, 6.45) is 2.06. The van der Waals surface area contributed by atoms with Crippen molar-refractivity contribution < 1.29 is 9.13 Å². The average Bonchev–Trinajstić information content (AvgIpc) is 2.50. The minimum absolute atomic E-state index is 0.119. The summed E-state index contributed by atoms with van der Waals surface area (Å²) in [5, 5.41) is 3.68. The van der Waals surface area contributed by atoms with Gasteiger partial charge in [-0.25, -0.2) is 4.39 Å². The van der Waals surface area contributed by atoms with Gasteiger partial charge in [-0.15, -0.1) is 0 Å². The lowest BCUT2D eigenvalue weighted by Gasteiger charge is -2.25. The first-order chi connectivity index (χ1) is 10.2. The summed E-state index contributed by atoms with van der Waals surface area (Å²) in [5.41, 5.74) is 3.11. The summed E-state index contributed by atoms with van der Waals surface area (Å²) < 4.78 is 19.1. The van der Waals surface area contributed by atoms with Crippen LogP contribution in [0.5, 0.6) is 5.75 Å². The highest BCUT2D eigenvalue weighted by molar-refractivity contribution is 6.31. The van der Waals surface area contributed by atoms with Crippen LogP contribution in [-0.2, 0) is 6.42 Å². The molecule has 4 heteroatoms. The van der Waals surface area contributed by atoms with Gasteiger partial charge in [-0.1, -0.05) is 35.9 Å². The second-order valence-corrected chi connectivity index (χ2v) is 5.58. The first-order valence-electron chi connectivity index (χ1n) is 7.07. The van der Waals surface area contributed by atoms with Crippen molar-refractivity contribution in [3.05, 3.63) is 63.9 Å². The van der Waals surface area contributed by atoms with Crippen LogP contribution < -0.4 is 10.1 Å². The van der Waals surface area contributed by atoms with Crippen molar-refractivity contribution in [3.63, 3.8) is 0 Å². The van der Waals surface area contributed by atoms with E-state index in [1.165, 1.54) is 17.7 Å². The molecule has 0 aliphatic carbocycles. The van der Waals surface area contributed by atoms with Crippen LogP contribution in [0.25, 0.3) is 0 Å². The van der Waals surface area contributed by atoms with Crippen molar-refractivity contribution in [1.82, 2.24) is 5.32 Å². The minimum atomic E-state index is -0.329. The van der Waals surface area contributed by atoms with Crippen molar-refractivity contribution in [2.75, 3.05) is 13.7 Å². The van der Waals surface area contributed by atoms with Gasteiger partial charge in [-0.05, 0) is 43.1 Å². The van der Waals surface area contributed by atoms with Crippen molar-refractivity contribution in [2.24, 2.45) is 0 Å². The van der Waals surface area contributed by atoms with Crippen LogP contribution in [0.1, 0.15) is 29.2 Å². The number of aryl methyl sites for hydroxylation is 1. The third-order valence-electron chi connectivity index (χ3n) is 3.84. The molecule has 1 aliphatic heterocycles. The maximum Gasteiger partial charge on any atom is 0.127 e. The number of rotatable bonds is 3. The highest BCUT2D eigenvalue weighted by Crippen LogP contribution is 2.37. The van der Waals surface area contributed by atoms with Crippen LogP contribution in [0.15, 0.2) is 36.4 Å². The Balaban J connectivity index is 2.08. The van der Waals surface area contributed by atoms with Gasteiger partial charge < -0.3 is 10.1 Å². The molecule has 0 fully saturated rings. The Morgan fingerprint density at radius 2 is 2.10 bits per heavy atom. The summed E-state index contributed by atoms with van der Waals surface area (Å²) in [5.74, 6) is 0.605. The summed E-state index contributed by atoms with van der Waals surface area (Å²) in [6.45, 7) is 0.734. The molecule has 21 heavy (non-hydrogen) atoms. The first kappa shape index (κ1) is 14.4. The largest absolute Gasteiger partial charge is 0.493 e. The number of halogens is 2. The van der Waals surface area contributed by atoms with Crippen LogP contribution in [0.4, 0.5) is 4.39 Å². The summed E-state index contributed by atoms with van der Waals surface area (Å²) in [4.78, 5) is 0. The highest BCUT2D eigenvalue weighted by atomic mass is 35.5. The number of hydrogen-bond acceptors (Lipinski definition) is 2. The van der Waals surface area contributed by atoms with Crippen molar-refractivity contribution in [1.29, 1.82) is 0 Å². The van der Waals surface area contributed by atoms with E-state index in [1.54, 1.807) is 6.07 Å². The topological polar surface area (TPSA) is 21.3 Å². The van der Waals surface area contributed by atoms with Crippen LogP contribution >= 0.6 is 11.6 Å². The summed E-state index contributed by atoms with van der Waals surface area (Å²) in [7, 11) is 1.87. The van der Waals surface area contributed by atoms with E-state index < -0.39 is 0 Å². The number of para-hydroxylation sites is 1. The second kappa shape index (κ2) is 6.04. The molecule has 0 aromatic heterocycles. The molecule has 0 saturated carbocycles. The summed E-state index contributed by atoms with van der Waals surface area (Å²) in [6, 6.07) is 10.5. The Labute approximate surface area is 128 Å². The lowest BCUT2D eigenvalue weighted by molar-refractivity contribution is 0.283. The number of benzene rings is 2. The molecule has 0 saturated heterocycles. The van der Waals surface area contributed by atoms with Crippen LogP contribution in [0, 0.1) is 5.82 Å². The number of nitrogens with one attached hydrogen (secondary N) is 1. The van der Waals surface area contributed by atoms with Crippen molar-refractivity contribution >= 4 is 11.6 Å². The average molecular weight is 306 g/mol. The van der Waals surface area contributed by atoms with E-state index in [0.717, 1.165) is 36.3 Å². The fourth-order valence-electron chi connectivity index (χ4n) is 2.86. The first-order valence-corrected chi connectivity index (χ1v) is 7.45. The fraction of sp³-hybridized carbons (Fsp3) is 0.294. The van der Waals surface area contributed by atoms with Gasteiger partial charge in [-0.3, -0.25) is 0 Å². The Hall–Kier alpha value is -1.58. The van der Waals surface area contributed by atoms with Crippen molar-refractivity contribution in [3.8, 4) is 5.75 Å². The van der Waals surface area contributed by atoms with Gasteiger partial charge in [0.25, 0.3) is 0 Å². The standard InChI is InChI=1S/C17H17ClFNO/c1-20-16(13-8-7-12(19)10-15(13)18)14-6-2-4-11-5-3-9-21-17(11)14/h2,4,6-8,10,16,20H,3,5,9H2,1H3. The molecular formula is C17H17ClFNO. The quantitative estimate of drug-likeness (QED) is 0.921. The number of fused-ring (bicyclic) bond motifs is 1. The fourth-order valence-corrected chi connectivity index (χ4v) is 3.13. The molecule has 1 heterocycles. The minimum Gasteiger partial charge on any atom is -0.493 e. The molecule has 0 amide bonds. The normalized spacial score (nSPS) is 15.2. The SMILES string of the molecule is CNC(c1ccc(F)cc1Cl)c1cccc2c1OCCC2. The van der Waals surface area contributed by atoms with Gasteiger partial charge in [0.05, 0.1) is 12.6 Å². The molecule has 3 rings (SSSR count). The summed E-state index contributed by atoms with van der Waals surface area (Å²) >= 11 is 6.22. The van der Waals surface area contributed by atoms with Gasteiger partial charge >= 0.3 is 0 Å². The van der Waals surface area contributed by atoms with Gasteiger partial charge in [0.2, 0.25) is 0 Å². The molecule has 0 radical (unpaired) electrons. The molecule has 2 aromatic rings. The van der Waals surface area contributed by atoms with Gasteiger partial charge in [0.1, 0.15) is 11.6 Å². The van der Waals surface area contributed by atoms with Gasteiger partial charge in [-0.2, -0.15) is 0 Å². The van der Waals surface area contributed by atoms with Gasteiger partial charge in [0.15, 0.2) is 0 Å². The van der Waals surface area contributed by atoms with Crippen molar-refractivity contribution in [2.45, 2.75) is 18.9 Å². The Bertz CT molecular complexity index is 659. The molecule has 2 nitrogen and oxygen atoms in total. The van der Waals surface area contributed by atoms with E-state index in [2.05, 4.69) is 11.4 Å². The van der Waals surface area contributed by atoms with E-state index in [0.29, 0.717) is 5.02 Å². The second-order valence-electron chi connectivity index (χ2n) is 5.18. The zero-order valence-corrected chi connectivity index (χ0v) is 12.6. The number of hydrogen-bond donors (Lipinski definition) is 1. The maximum absolute atomic E-state index is 13.3. The molecular weight excluding hydrogens is 289 g/mol. The third kappa shape index (κ3) is 2.76. The zero-order valence-electron chi connectivity index (χ0n) is 11.8. The van der Waals surface area contributed by atoms with Crippen LogP contribution in [0.2, 0.25) is 5.02 Å². The molecule has 1 aliphatic rings. The van der Waals surface area contributed by atoms with E-state index in [4.69, 9.17) is 16.3 Å². The monoisotopic (exact) mass is 305 g/mol. The maximum atomic E-state index is 13.3. The Morgan fingerprint density at radius 1 is 1.24 bits per heavy atom. The van der Waals surface area contributed by atoms with E-state index >= 15 is 0 Å². The van der Waals surface area contributed by atoms with Gasteiger partial charge in [0, 0.05) is 10.6 Å². The van der Waals surface area contributed by atoms with E-state index in [9.17, 15) is 4.39 Å². The highest BCUT2D eigenvalue weighted by Gasteiger charge is 2.23. The Morgan fingerprint density at radius 3 is 2.86 bits per heavy atom. The van der Waals surface area contributed by atoms with E-state index in [-0.39, 0.29) is 11.9 Å². The van der Waals surface area contributed by atoms with Crippen LogP contribution in [0.3, 0.4) is 0 Å². The lowest BCUT2D eigenvalue weighted by Crippen LogP contribution is -2.21. The zero-order chi connectivity index (χ0) is 14.8.